The van der Waals surface area contributed by atoms with Crippen LogP contribution in [0.4, 0.5) is 0 Å². The van der Waals surface area contributed by atoms with Crippen molar-refractivity contribution in [1.29, 1.82) is 0 Å². The number of nitrogens with one attached hydrogen (secondary N) is 2. The number of carbonyl (C=O) groups is 1. The minimum Gasteiger partial charge on any atom is -0.355 e. The van der Waals surface area contributed by atoms with Crippen molar-refractivity contribution in [3.05, 3.63) is 34.9 Å². The molecule has 4 heteroatoms. The summed E-state index contributed by atoms with van der Waals surface area (Å²) >= 11 is 5.81. The highest BCUT2D eigenvalue weighted by atomic mass is 35.5. The van der Waals surface area contributed by atoms with Crippen LogP contribution in [0.1, 0.15) is 31.7 Å². The number of hydrogen-bond donors (Lipinski definition) is 2. The largest absolute Gasteiger partial charge is 0.355 e. The molecule has 1 aromatic rings. The van der Waals surface area contributed by atoms with Gasteiger partial charge in [0.1, 0.15) is 0 Å². The molecule has 0 bridgehead atoms. The normalized spacial score (nSPS) is 10.4. The van der Waals surface area contributed by atoms with E-state index >= 15 is 0 Å². The van der Waals surface area contributed by atoms with E-state index in [9.17, 15) is 4.79 Å². The van der Waals surface area contributed by atoms with Crippen molar-refractivity contribution in [1.82, 2.24) is 10.6 Å². The summed E-state index contributed by atoms with van der Waals surface area (Å²) in [6.45, 7) is 4.16. The molecule has 0 heterocycles. The van der Waals surface area contributed by atoms with Gasteiger partial charge in [0.15, 0.2) is 0 Å². The van der Waals surface area contributed by atoms with Crippen LogP contribution in [-0.2, 0) is 11.2 Å². The molecule has 0 spiro atoms. The van der Waals surface area contributed by atoms with Gasteiger partial charge in [-0.1, -0.05) is 43.5 Å². The molecule has 0 saturated carbocycles. The number of rotatable bonds is 9. The third-order valence-electron chi connectivity index (χ3n) is 2.89. The fourth-order valence-corrected chi connectivity index (χ4v) is 1.89. The van der Waals surface area contributed by atoms with Crippen LogP contribution in [0.25, 0.3) is 0 Å². The molecule has 3 nitrogen and oxygen atoms in total. The molecule has 0 saturated heterocycles. The molecule has 0 fully saturated rings. The van der Waals surface area contributed by atoms with Gasteiger partial charge in [-0.15, -0.1) is 0 Å². The van der Waals surface area contributed by atoms with Crippen molar-refractivity contribution in [2.24, 2.45) is 0 Å². The molecule has 19 heavy (non-hydrogen) atoms. The zero-order valence-electron chi connectivity index (χ0n) is 11.5. The quantitative estimate of drug-likeness (QED) is 0.684. The van der Waals surface area contributed by atoms with Crippen molar-refractivity contribution in [2.45, 2.75) is 32.6 Å². The molecule has 1 aromatic carbocycles. The number of unbranched alkanes of at least 4 members (excludes halogenated alkanes) is 2. The molecule has 0 aromatic heterocycles. The number of halogens is 1. The van der Waals surface area contributed by atoms with Crippen LogP contribution in [0.2, 0.25) is 5.02 Å². The maximum Gasteiger partial charge on any atom is 0.233 e. The van der Waals surface area contributed by atoms with Crippen molar-refractivity contribution in [3.63, 3.8) is 0 Å². The van der Waals surface area contributed by atoms with Crippen molar-refractivity contribution in [3.8, 4) is 0 Å². The molecule has 1 rings (SSSR count). The van der Waals surface area contributed by atoms with Crippen LogP contribution < -0.4 is 10.6 Å². The Morgan fingerprint density at radius 3 is 2.58 bits per heavy atom. The first kappa shape index (κ1) is 16.0. The first-order valence-corrected chi connectivity index (χ1v) is 7.32. The van der Waals surface area contributed by atoms with Gasteiger partial charge in [-0.2, -0.15) is 0 Å². The third kappa shape index (κ3) is 7.85. The van der Waals surface area contributed by atoms with Gasteiger partial charge >= 0.3 is 0 Å². The molecule has 0 aliphatic heterocycles. The molecule has 106 valence electrons. The van der Waals surface area contributed by atoms with E-state index in [1.165, 1.54) is 18.4 Å². The second-order valence-corrected chi connectivity index (χ2v) is 5.05. The van der Waals surface area contributed by atoms with E-state index in [2.05, 4.69) is 17.6 Å². The smallest absolute Gasteiger partial charge is 0.233 e. The van der Waals surface area contributed by atoms with Gasteiger partial charge in [-0.05, 0) is 37.1 Å². The van der Waals surface area contributed by atoms with E-state index in [0.717, 1.165) is 24.4 Å². The van der Waals surface area contributed by atoms with Gasteiger partial charge in [0, 0.05) is 11.6 Å². The Morgan fingerprint density at radius 2 is 1.89 bits per heavy atom. The topological polar surface area (TPSA) is 41.1 Å². The predicted molar refractivity (Wildman–Crippen MR) is 80.6 cm³/mol. The Labute approximate surface area is 120 Å². The summed E-state index contributed by atoms with van der Waals surface area (Å²) in [4.78, 5) is 11.5. The zero-order chi connectivity index (χ0) is 13.9. The Balaban J connectivity index is 2.05. The SMILES string of the molecule is CCCCCNCC(=O)NCCc1ccc(Cl)cc1. The third-order valence-corrected chi connectivity index (χ3v) is 3.14. The maximum atomic E-state index is 11.5. The lowest BCUT2D eigenvalue weighted by Crippen LogP contribution is -2.35. The minimum absolute atomic E-state index is 0.0606. The van der Waals surface area contributed by atoms with Crippen molar-refractivity contribution < 1.29 is 4.79 Å². The molecular formula is C15H23ClN2O. The molecular weight excluding hydrogens is 260 g/mol. The molecule has 0 aliphatic carbocycles. The van der Waals surface area contributed by atoms with Gasteiger partial charge < -0.3 is 10.6 Å². The number of benzene rings is 1. The highest BCUT2D eigenvalue weighted by molar-refractivity contribution is 6.30. The summed E-state index contributed by atoms with van der Waals surface area (Å²) in [6, 6.07) is 7.71. The monoisotopic (exact) mass is 282 g/mol. The van der Waals surface area contributed by atoms with Gasteiger partial charge in [0.2, 0.25) is 5.91 Å². The number of hydrogen-bond acceptors (Lipinski definition) is 2. The predicted octanol–water partition coefficient (Wildman–Crippen LogP) is 2.78. The maximum absolute atomic E-state index is 11.5. The van der Waals surface area contributed by atoms with Gasteiger partial charge in [0.05, 0.1) is 6.54 Å². The number of carbonyl (C=O) groups excluding carboxylic acids is 1. The van der Waals surface area contributed by atoms with Crippen LogP contribution in [0.3, 0.4) is 0 Å². The second-order valence-electron chi connectivity index (χ2n) is 4.61. The Kier molecular flexibility index (Phi) is 8.26. The van der Waals surface area contributed by atoms with E-state index in [-0.39, 0.29) is 5.91 Å². The summed E-state index contributed by atoms with van der Waals surface area (Å²) in [7, 11) is 0. The summed E-state index contributed by atoms with van der Waals surface area (Å²) < 4.78 is 0. The van der Waals surface area contributed by atoms with E-state index < -0.39 is 0 Å². The summed E-state index contributed by atoms with van der Waals surface area (Å²) in [5, 5.41) is 6.79. The van der Waals surface area contributed by atoms with E-state index in [1.54, 1.807) is 0 Å². The lowest BCUT2D eigenvalue weighted by molar-refractivity contribution is -0.120. The fourth-order valence-electron chi connectivity index (χ4n) is 1.76. The lowest BCUT2D eigenvalue weighted by atomic mass is 10.1. The van der Waals surface area contributed by atoms with Crippen LogP contribution in [-0.4, -0.2) is 25.5 Å². The summed E-state index contributed by atoms with van der Waals surface area (Å²) in [6.07, 6.45) is 4.38. The Hall–Kier alpha value is -1.06. The van der Waals surface area contributed by atoms with E-state index in [0.29, 0.717) is 13.1 Å². The molecule has 2 N–H and O–H groups in total. The molecule has 0 atom stereocenters. The lowest BCUT2D eigenvalue weighted by Gasteiger charge is -2.06. The first-order chi connectivity index (χ1) is 9.22. The standard InChI is InChI=1S/C15H23ClN2O/c1-2-3-4-10-17-12-15(19)18-11-9-13-5-7-14(16)8-6-13/h5-8,17H,2-4,9-12H2,1H3,(H,18,19). The van der Waals surface area contributed by atoms with Crippen LogP contribution >= 0.6 is 11.6 Å². The first-order valence-electron chi connectivity index (χ1n) is 6.94. The Morgan fingerprint density at radius 1 is 1.16 bits per heavy atom. The molecule has 0 aliphatic rings. The van der Waals surface area contributed by atoms with Crippen molar-refractivity contribution >= 4 is 17.5 Å². The van der Waals surface area contributed by atoms with Crippen LogP contribution in [0, 0.1) is 0 Å². The minimum atomic E-state index is 0.0606. The van der Waals surface area contributed by atoms with E-state index in [4.69, 9.17) is 11.6 Å². The van der Waals surface area contributed by atoms with Crippen LogP contribution in [0.15, 0.2) is 24.3 Å². The average Bonchev–Trinajstić information content (AvgIpc) is 2.41. The Bertz CT molecular complexity index is 365. The zero-order valence-corrected chi connectivity index (χ0v) is 12.3. The molecule has 1 amide bonds. The summed E-state index contributed by atoms with van der Waals surface area (Å²) in [5.74, 6) is 0.0606. The highest BCUT2D eigenvalue weighted by Crippen LogP contribution is 2.09. The number of amides is 1. The van der Waals surface area contributed by atoms with Gasteiger partial charge in [-0.3, -0.25) is 4.79 Å². The average molecular weight is 283 g/mol. The fraction of sp³-hybridized carbons (Fsp3) is 0.533. The molecule has 0 radical (unpaired) electrons. The second kappa shape index (κ2) is 9.82. The van der Waals surface area contributed by atoms with Gasteiger partial charge in [0.25, 0.3) is 0 Å². The van der Waals surface area contributed by atoms with E-state index in [1.807, 2.05) is 24.3 Å². The van der Waals surface area contributed by atoms with Crippen LogP contribution in [0.5, 0.6) is 0 Å². The van der Waals surface area contributed by atoms with Gasteiger partial charge in [-0.25, -0.2) is 0 Å². The summed E-state index contributed by atoms with van der Waals surface area (Å²) in [5.41, 5.74) is 1.18. The van der Waals surface area contributed by atoms with Crippen molar-refractivity contribution in [2.75, 3.05) is 19.6 Å². The molecule has 0 unspecified atom stereocenters. The highest BCUT2D eigenvalue weighted by Gasteiger charge is 2.00.